The fourth-order valence-corrected chi connectivity index (χ4v) is 3.34. The number of rotatable bonds is 5. The van der Waals surface area contributed by atoms with Gasteiger partial charge >= 0.3 is 0 Å². The summed E-state index contributed by atoms with van der Waals surface area (Å²) in [7, 11) is 0. The van der Waals surface area contributed by atoms with Crippen molar-refractivity contribution in [2.45, 2.75) is 31.8 Å². The van der Waals surface area contributed by atoms with E-state index in [1.807, 2.05) is 17.7 Å². The van der Waals surface area contributed by atoms with Gasteiger partial charge in [0.15, 0.2) is 0 Å². The summed E-state index contributed by atoms with van der Waals surface area (Å²) in [6, 6.07) is 5.21. The molecule has 0 unspecified atom stereocenters. The largest absolute Gasteiger partial charge is 0.394 e. The van der Waals surface area contributed by atoms with Crippen LogP contribution in [0.4, 0.5) is 0 Å². The predicted octanol–water partition coefficient (Wildman–Crippen LogP) is 3.01. The molecule has 3 rings (SSSR count). The van der Waals surface area contributed by atoms with Crippen molar-refractivity contribution in [1.29, 1.82) is 0 Å². The highest BCUT2D eigenvalue weighted by molar-refractivity contribution is 6.35. The lowest BCUT2D eigenvalue weighted by molar-refractivity contribution is -0.190. The van der Waals surface area contributed by atoms with Crippen molar-refractivity contribution in [1.82, 2.24) is 9.55 Å². The quantitative estimate of drug-likeness (QED) is 0.894. The Hall–Kier alpha value is -1.11. The molecule has 2 heterocycles. The molecular formula is C16H18Cl2N2O3. The molecule has 0 bridgehead atoms. The molecule has 1 N–H and O–H groups in total. The third kappa shape index (κ3) is 3.25. The minimum Gasteiger partial charge on any atom is -0.394 e. The molecule has 0 amide bonds. The van der Waals surface area contributed by atoms with Crippen molar-refractivity contribution in [3.63, 3.8) is 0 Å². The first-order valence-electron chi connectivity index (χ1n) is 7.46. The molecule has 23 heavy (non-hydrogen) atoms. The van der Waals surface area contributed by atoms with Gasteiger partial charge in [0.1, 0.15) is 11.9 Å². The van der Waals surface area contributed by atoms with Crippen LogP contribution in [-0.4, -0.2) is 34.0 Å². The highest BCUT2D eigenvalue weighted by atomic mass is 35.5. The topological polar surface area (TPSA) is 56.5 Å². The smallest absolute Gasteiger partial charge is 0.215 e. The second-order valence-corrected chi connectivity index (χ2v) is 6.28. The van der Waals surface area contributed by atoms with E-state index < -0.39 is 11.9 Å². The van der Waals surface area contributed by atoms with Gasteiger partial charge < -0.3 is 19.1 Å². The molecule has 5 nitrogen and oxygen atoms in total. The number of benzene rings is 1. The summed E-state index contributed by atoms with van der Waals surface area (Å²) < 4.78 is 14.0. The molecule has 7 heteroatoms. The summed E-state index contributed by atoms with van der Waals surface area (Å²) in [6.07, 6.45) is 4.02. The normalized spacial score (nSPS) is 24.3. The molecule has 1 fully saturated rings. The van der Waals surface area contributed by atoms with Gasteiger partial charge in [0.05, 0.1) is 24.8 Å². The highest BCUT2D eigenvalue weighted by Crippen LogP contribution is 2.40. The first kappa shape index (κ1) is 16.7. The molecule has 0 aliphatic carbocycles. The molecule has 1 aliphatic heterocycles. The van der Waals surface area contributed by atoms with Crippen LogP contribution in [0.1, 0.15) is 18.3 Å². The van der Waals surface area contributed by atoms with Gasteiger partial charge in [0, 0.05) is 29.4 Å². The zero-order valence-corrected chi connectivity index (χ0v) is 14.2. The Morgan fingerprint density at radius 2 is 2.26 bits per heavy atom. The second-order valence-electron chi connectivity index (χ2n) is 5.44. The number of hydrogen-bond donors (Lipinski definition) is 1. The monoisotopic (exact) mass is 356 g/mol. The van der Waals surface area contributed by atoms with Crippen LogP contribution in [0.3, 0.4) is 0 Å². The van der Waals surface area contributed by atoms with Crippen LogP contribution in [0.5, 0.6) is 0 Å². The summed E-state index contributed by atoms with van der Waals surface area (Å²) in [5.41, 5.74) is 0.690. The summed E-state index contributed by atoms with van der Waals surface area (Å²) in [6.45, 7) is 2.62. The van der Waals surface area contributed by atoms with Gasteiger partial charge in [-0.1, -0.05) is 36.2 Å². The third-order valence-corrected chi connectivity index (χ3v) is 4.45. The molecule has 0 saturated carbocycles. The Labute approximate surface area is 144 Å². The van der Waals surface area contributed by atoms with E-state index in [-0.39, 0.29) is 6.61 Å². The third-order valence-electron chi connectivity index (χ3n) is 3.90. The Kier molecular flexibility index (Phi) is 4.94. The zero-order valence-electron chi connectivity index (χ0n) is 12.7. The van der Waals surface area contributed by atoms with E-state index in [9.17, 15) is 5.11 Å². The molecule has 1 saturated heterocycles. The highest BCUT2D eigenvalue weighted by Gasteiger charge is 2.45. The van der Waals surface area contributed by atoms with Crippen LogP contribution in [-0.2, 0) is 28.2 Å². The molecular weight excluding hydrogens is 339 g/mol. The van der Waals surface area contributed by atoms with Crippen molar-refractivity contribution in [3.8, 4) is 0 Å². The van der Waals surface area contributed by atoms with Crippen LogP contribution in [0.25, 0.3) is 0 Å². The maximum atomic E-state index is 9.41. The van der Waals surface area contributed by atoms with Crippen molar-refractivity contribution in [2.24, 2.45) is 0 Å². The van der Waals surface area contributed by atoms with Crippen LogP contribution in [0, 0.1) is 0 Å². The number of halogens is 2. The predicted molar refractivity (Wildman–Crippen MR) is 87.7 cm³/mol. The van der Waals surface area contributed by atoms with Crippen LogP contribution in [0.15, 0.2) is 30.6 Å². The van der Waals surface area contributed by atoms with Crippen LogP contribution < -0.4 is 0 Å². The SMILES string of the molecule is CCc1nccn1C[C@@]1(c2ccc(Cl)cc2Cl)OC[C@@H](CO)O1. The first-order chi connectivity index (χ1) is 11.1. The second kappa shape index (κ2) is 6.79. The molecule has 2 atom stereocenters. The van der Waals surface area contributed by atoms with Gasteiger partial charge in [-0.2, -0.15) is 0 Å². The molecule has 1 aromatic heterocycles. The van der Waals surface area contributed by atoms with Crippen molar-refractivity contribution < 1.29 is 14.6 Å². The van der Waals surface area contributed by atoms with Gasteiger partial charge in [0.2, 0.25) is 5.79 Å². The van der Waals surface area contributed by atoms with E-state index in [4.69, 9.17) is 32.7 Å². The van der Waals surface area contributed by atoms with Crippen molar-refractivity contribution >= 4 is 23.2 Å². The Morgan fingerprint density at radius 3 is 2.91 bits per heavy atom. The molecule has 1 aliphatic rings. The van der Waals surface area contributed by atoms with E-state index >= 15 is 0 Å². The van der Waals surface area contributed by atoms with E-state index in [1.165, 1.54) is 0 Å². The molecule has 2 aromatic rings. The first-order valence-corrected chi connectivity index (χ1v) is 8.21. The maximum Gasteiger partial charge on any atom is 0.215 e. The van der Waals surface area contributed by atoms with Gasteiger partial charge in [-0.3, -0.25) is 0 Å². The molecule has 1 aromatic carbocycles. The standard InChI is InChI=1S/C16H18Cl2N2O3/c1-2-15-19-5-6-20(15)10-16(22-9-12(8-21)23-16)13-4-3-11(17)7-14(13)18/h3-7,12,21H,2,8-10H2,1H3/t12-,16-/m1/s1. The van der Waals surface area contributed by atoms with E-state index in [0.29, 0.717) is 28.8 Å². The van der Waals surface area contributed by atoms with E-state index in [0.717, 1.165) is 12.2 Å². The molecule has 124 valence electrons. The van der Waals surface area contributed by atoms with Crippen molar-refractivity contribution in [2.75, 3.05) is 13.2 Å². The van der Waals surface area contributed by atoms with Gasteiger partial charge in [-0.25, -0.2) is 4.98 Å². The lowest BCUT2D eigenvalue weighted by atomic mass is 10.1. The number of aliphatic hydroxyl groups excluding tert-OH is 1. The lowest BCUT2D eigenvalue weighted by Crippen LogP contribution is -2.34. The summed E-state index contributed by atoms with van der Waals surface area (Å²) in [5, 5.41) is 10.4. The van der Waals surface area contributed by atoms with Gasteiger partial charge in [0.25, 0.3) is 0 Å². The number of ether oxygens (including phenoxy) is 2. The van der Waals surface area contributed by atoms with Crippen molar-refractivity contribution in [3.05, 3.63) is 52.0 Å². The molecule has 0 radical (unpaired) electrons. The fourth-order valence-electron chi connectivity index (χ4n) is 2.79. The number of aliphatic hydroxyl groups is 1. The van der Waals surface area contributed by atoms with Crippen LogP contribution in [0.2, 0.25) is 10.0 Å². The summed E-state index contributed by atoms with van der Waals surface area (Å²) in [4.78, 5) is 4.33. The Morgan fingerprint density at radius 1 is 1.43 bits per heavy atom. The Bertz CT molecular complexity index is 692. The average Bonchev–Trinajstić information content (AvgIpc) is 3.14. The number of nitrogens with zero attached hydrogens (tertiary/aromatic N) is 2. The number of hydrogen-bond acceptors (Lipinski definition) is 4. The minimum atomic E-state index is -1.07. The van der Waals surface area contributed by atoms with Crippen LogP contribution >= 0.6 is 23.2 Å². The summed E-state index contributed by atoms with van der Waals surface area (Å²) in [5.74, 6) is -0.145. The average molecular weight is 357 g/mol. The number of aromatic nitrogens is 2. The molecule has 0 spiro atoms. The van der Waals surface area contributed by atoms with Gasteiger partial charge in [-0.05, 0) is 12.1 Å². The fraction of sp³-hybridized carbons (Fsp3) is 0.438. The number of aryl methyl sites for hydroxylation is 1. The minimum absolute atomic E-state index is 0.114. The zero-order chi connectivity index (χ0) is 16.4. The van der Waals surface area contributed by atoms with E-state index in [1.54, 1.807) is 24.4 Å². The number of imidazole rings is 1. The Balaban J connectivity index is 2.01. The van der Waals surface area contributed by atoms with E-state index in [2.05, 4.69) is 4.98 Å². The lowest BCUT2D eigenvalue weighted by Gasteiger charge is -2.30. The summed E-state index contributed by atoms with van der Waals surface area (Å²) >= 11 is 12.4. The maximum absolute atomic E-state index is 9.41. The van der Waals surface area contributed by atoms with Gasteiger partial charge in [-0.15, -0.1) is 0 Å².